The number of hydrogen-bond acceptors (Lipinski definition) is 15. The van der Waals surface area contributed by atoms with Crippen molar-refractivity contribution in [3.63, 3.8) is 0 Å². The van der Waals surface area contributed by atoms with Crippen LogP contribution in [0.3, 0.4) is 0 Å². The summed E-state index contributed by atoms with van der Waals surface area (Å²) < 4.78 is 68.1. The lowest BCUT2D eigenvalue weighted by atomic mass is 10.00. The maximum Gasteiger partial charge on any atom is 0.472 e. The summed E-state index contributed by atoms with van der Waals surface area (Å²) >= 11 is 0. The van der Waals surface area contributed by atoms with Crippen LogP contribution in [-0.4, -0.2) is 96.7 Å². The summed E-state index contributed by atoms with van der Waals surface area (Å²) in [5, 5.41) is 10.5. The van der Waals surface area contributed by atoms with Gasteiger partial charge in [-0.2, -0.15) is 0 Å². The van der Waals surface area contributed by atoms with Crippen LogP contribution in [-0.2, 0) is 65.4 Å². The van der Waals surface area contributed by atoms with Gasteiger partial charge in [0.15, 0.2) is 12.2 Å². The molecule has 0 aliphatic rings. The molecule has 0 saturated heterocycles. The van der Waals surface area contributed by atoms with Crippen LogP contribution in [0, 0.1) is 23.7 Å². The van der Waals surface area contributed by atoms with Gasteiger partial charge >= 0.3 is 39.5 Å². The van der Waals surface area contributed by atoms with E-state index in [0.29, 0.717) is 31.6 Å². The van der Waals surface area contributed by atoms with Gasteiger partial charge in [0.1, 0.15) is 19.3 Å². The third kappa shape index (κ3) is 59.7. The quantitative estimate of drug-likeness (QED) is 0.0222. The molecular formula is C67H130O17P2. The van der Waals surface area contributed by atoms with Gasteiger partial charge in [0.25, 0.3) is 0 Å². The first kappa shape index (κ1) is 84.1. The van der Waals surface area contributed by atoms with Gasteiger partial charge in [-0.05, 0) is 49.4 Å². The molecule has 0 heterocycles. The first-order chi connectivity index (χ1) is 41.1. The van der Waals surface area contributed by atoms with Crippen LogP contribution in [0.5, 0.6) is 0 Å². The van der Waals surface area contributed by atoms with E-state index >= 15 is 0 Å². The molecule has 0 aliphatic carbocycles. The van der Waals surface area contributed by atoms with E-state index in [2.05, 4.69) is 55.4 Å². The lowest BCUT2D eigenvalue weighted by molar-refractivity contribution is -0.161. The molecule has 0 fully saturated rings. The predicted octanol–water partition coefficient (Wildman–Crippen LogP) is 18.5. The van der Waals surface area contributed by atoms with Crippen molar-refractivity contribution in [2.75, 3.05) is 39.6 Å². The minimum Gasteiger partial charge on any atom is -0.462 e. The van der Waals surface area contributed by atoms with Crippen molar-refractivity contribution in [1.82, 2.24) is 0 Å². The Morgan fingerprint density at radius 2 is 0.558 bits per heavy atom. The Morgan fingerprint density at radius 1 is 0.326 bits per heavy atom. The minimum absolute atomic E-state index is 0.101. The molecule has 0 saturated carbocycles. The second-order valence-corrected chi connectivity index (χ2v) is 28.8. The summed E-state index contributed by atoms with van der Waals surface area (Å²) in [5.41, 5.74) is 0. The fourth-order valence-corrected chi connectivity index (χ4v) is 11.5. The summed E-state index contributed by atoms with van der Waals surface area (Å²) in [6.07, 6.45) is 37.9. The molecule has 19 heteroatoms. The Hall–Kier alpha value is -1.94. The molecule has 0 rings (SSSR count). The Labute approximate surface area is 524 Å². The number of carbonyl (C=O) groups is 4. The van der Waals surface area contributed by atoms with Crippen molar-refractivity contribution < 1.29 is 80.2 Å². The molecule has 17 nitrogen and oxygen atoms in total. The molecule has 86 heavy (non-hydrogen) atoms. The van der Waals surface area contributed by atoms with E-state index in [-0.39, 0.29) is 25.7 Å². The number of unbranched alkanes of at least 4 members (excludes halogenated alkanes) is 29. The van der Waals surface area contributed by atoms with Crippen LogP contribution in [0.2, 0.25) is 0 Å². The Morgan fingerprint density at radius 3 is 0.826 bits per heavy atom. The molecule has 0 aromatic rings. The molecule has 0 aromatic heterocycles. The van der Waals surface area contributed by atoms with Crippen molar-refractivity contribution in [3.05, 3.63) is 0 Å². The summed E-state index contributed by atoms with van der Waals surface area (Å²) in [7, 11) is -9.89. The highest BCUT2D eigenvalue weighted by molar-refractivity contribution is 7.47. The van der Waals surface area contributed by atoms with Gasteiger partial charge in [-0.3, -0.25) is 37.3 Å². The maximum atomic E-state index is 13.0. The zero-order valence-corrected chi connectivity index (χ0v) is 57.7. The van der Waals surface area contributed by atoms with E-state index in [9.17, 15) is 43.2 Å². The van der Waals surface area contributed by atoms with Gasteiger partial charge < -0.3 is 33.8 Å². The van der Waals surface area contributed by atoms with E-state index in [1.54, 1.807) is 0 Å². The number of phosphoric acid groups is 2. The summed E-state index contributed by atoms with van der Waals surface area (Å²) in [4.78, 5) is 72.3. The van der Waals surface area contributed by atoms with E-state index in [0.717, 1.165) is 108 Å². The average molecular weight is 1270 g/mol. The van der Waals surface area contributed by atoms with Crippen LogP contribution < -0.4 is 0 Å². The highest BCUT2D eigenvalue weighted by atomic mass is 31.2. The van der Waals surface area contributed by atoms with Crippen LogP contribution in [0.15, 0.2) is 0 Å². The van der Waals surface area contributed by atoms with Crippen molar-refractivity contribution in [1.29, 1.82) is 0 Å². The van der Waals surface area contributed by atoms with Crippen molar-refractivity contribution in [2.45, 2.75) is 343 Å². The number of rotatable bonds is 64. The lowest BCUT2D eigenvalue weighted by Gasteiger charge is -2.21. The molecule has 4 unspecified atom stereocenters. The molecule has 510 valence electrons. The largest absolute Gasteiger partial charge is 0.472 e. The third-order valence-electron chi connectivity index (χ3n) is 15.7. The molecule has 0 amide bonds. The Kier molecular flexibility index (Phi) is 55.7. The highest BCUT2D eigenvalue weighted by Gasteiger charge is 2.30. The lowest BCUT2D eigenvalue weighted by Crippen LogP contribution is -2.30. The third-order valence-corrected chi connectivity index (χ3v) is 17.6. The van der Waals surface area contributed by atoms with Gasteiger partial charge in [0, 0.05) is 25.7 Å². The minimum atomic E-state index is -4.95. The van der Waals surface area contributed by atoms with Crippen LogP contribution in [0.25, 0.3) is 0 Å². The molecule has 6 atom stereocenters. The summed E-state index contributed by atoms with van der Waals surface area (Å²) in [6, 6.07) is 0. The molecule has 0 radical (unpaired) electrons. The smallest absolute Gasteiger partial charge is 0.462 e. The summed E-state index contributed by atoms with van der Waals surface area (Å²) in [6.45, 7) is 14.0. The first-order valence-electron chi connectivity index (χ1n) is 34.7. The number of hydrogen-bond donors (Lipinski definition) is 3. The van der Waals surface area contributed by atoms with Crippen molar-refractivity contribution >= 4 is 39.5 Å². The van der Waals surface area contributed by atoms with Crippen molar-refractivity contribution in [3.8, 4) is 0 Å². The topological polar surface area (TPSA) is 237 Å². The van der Waals surface area contributed by atoms with Gasteiger partial charge in [0.2, 0.25) is 0 Å². The SMILES string of the molecule is CCC(C)CCCCCCCCC(=O)O[C@H](COC(=O)CCCCCCCCCCCCCCCC(C)C)COP(=O)(O)OCC(O)COP(=O)(O)OC[C@@H](COC(=O)CCCCCCCCCCC(C)C)OC(=O)CCCCCCCCC(C)C. The van der Waals surface area contributed by atoms with Gasteiger partial charge in [0.05, 0.1) is 26.4 Å². The fourth-order valence-electron chi connectivity index (χ4n) is 9.93. The van der Waals surface area contributed by atoms with Crippen molar-refractivity contribution in [2.24, 2.45) is 23.7 Å². The van der Waals surface area contributed by atoms with E-state index in [1.807, 2.05) is 0 Å². The van der Waals surface area contributed by atoms with E-state index in [1.165, 1.54) is 128 Å². The number of carbonyl (C=O) groups excluding carboxylic acids is 4. The number of aliphatic hydroxyl groups excluding tert-OH is 1. The zero-order valence-electron chi connectivity index (χ0n) is 55.9. The van der Waals surface area contributed by atoms with Gasteiger partial charge in [-0.1, -0.05) is 274 Å². The van der Waals surface area contributed by atoms with Gasteiger partial charge in [-0.15, -0.1) is 0 Å². The predicted molar refractivity (Wildman–Crippen MR) is 344 cm³/mol. The standard InChI is InChI=1S/C67H130O17P2/c1-9-60(8)46-38-30-24-26-34-42-50-67(72)84-63(54-77-64(69)47-39-31-21-16-14-12-10-11-13-15-19-27-35-43-57(2)3)56-82-86(75,76)80-52-61(68)51-79-85(73,74)81-55-62(83-66(71)49-41-33-25-23-29-37-45-59(6)7)53-78-65(70)48-40-32-22-18-17-20-28-36-44-58(4)5/h57-63,68H,9-56H2,1-8H3,(H,73,74)(H,75,76)/t60?,61?,62-,63-/m1/s1. The average Bonchev–Trinajstić information content (AvgIpc) is 3.68. The monoisotopic (exact) mass is 1270 g/mol. The molecule has 0 aromatic carbocycles. The van der Waals surface area contributed by atoms with Crippen LogP contribution in [0.1, 0.15) is 325 Å². The molecular weight excluding hydrogens is 1140 g/mol. The van der Waals surface area contributed by atoms with Crippen LogP contribution in [0.4, 0.5) is 0 Å². The molecule has 0 bridgehead atoms. The number of aliphatic hydroxyl groups is 1. The Bertz CT molecular complexity index is 1720. The highest BCUT2D eigenvalue weighted by Crippen LogP contribution is 2.45. The molecule has 0 spiro atoms. The molecule has 3 N–H and O–H groups in total. The van der Waals surface area contributed by atoms with Crippen LogP contribution >= 0.6 is 15.6 Å². The van der Waals surface area contributed by atoms with Gasteiger partial charge in [-0.25, -0.2) is 9.13 Å². The summed E-state index contributed by atoms with van der Waals surface area (Å²) in [5.74, 6) is 0.766. The Balaban J connectivity index is 5.20. The maximum absolute atomic E-state index is 13.0. The first-order valence-corrected chi connectivity index (χ1v) is 37.7. The number of esters is 4. The molecule has 0 aliphatic heterocycles. The second kappa shape index (κ2) is 57.0. The normalized spacial score (nSPS) is 14.7. The number of ether oxygens (including phenoxy) is 4. The van der Waals surface area contributed by atoms with E-state index in [4.69, 9.17) is 37.0 Å². The zero-order chi connectivity index (χ0) is 63.9. The fraction of sp³-hybridized carbons (Fsp3) is 0.940. The number of phosphoric ester groups is 2. The second-order valence-electron chi connectivity index (χ2n) is 25.9. The van der Waals surface area contributed by atoms with E-state index < -0.39 is 97.5 Å².